The molecule has 1 aliphatic carbocycles. The minimum atomic E-state index is 0.680. The zero-order chi connectivity index (χ0) is 16.4. The third-order valence-corrected chi connectivity index (χ3v) is 5.30. The van der Waals surface area contributed by atoms with Gasteiger partial charge in [-0.15, -0.1) is 0 Å². The number of anilines is 1. The Kier molecular flexibility index (Phi) is 4.24. The van der Waals surface area contributed by atoms with Gasteiger partial charge in [-0.25, -0.2) is 0 Å². The number of allylic oxidation sites excluding steroid dienone is 3. The van der Waals surface area contributed by atoms with Crippen molar-refractivity contribution in [2.75, 3.05) is 11.9 Å². The molecule has 3 N–H and O–H groups in total. The number of hydrogen-bond acceptors (Lipinski definition) is 4. The molecule has 0 fully saturated rings. The molecule has 1 aliphatic heterocycles. The number of aliphatic imine (C=N–C) groups is 1. The molecule has 2 aromatic rings. The summed E-state index contributed by atoms with van der Waals surface area (Å²) < 4.78 is 0. The minimum absolute atomic E-state index is 0.680. The SMILES string of the molecule is NCCc1ccc(N=C2C=CC3=C(C2)Sc2ccccc2N3)cc1. The number of fused-ring (bicyclic) bond motifs is 1. The first-order chi connectivity index (χ1) is 11.8. The number of benzene rings is 2. The van der Waals surface area contributed by atoms with Gasteiger partial charge in [0.1, 0.15) is 0 Å². The maximum absolute atomic E-state index is 5.59. The van der Waals surface area contributed by atoms with Crippen molar-refractivity contribution in [2.24, 2.45) is 10.7 Å². The number of hydrogen-bond donors (Lipinski definition) is 2. The lowest BCUT2D eigenvalue weighted by molar-refractivity contribution is 0.969. The van der Waals surface area contributed by atoms with Gasteiger partial charge < -0.3 is 11.1 Å². The molecule has 0 aromatic heterocycles. The standard InChI is InChI=1S/C20H19N3S/c21-12-11-14-5-7-15(8-6-14)22-16-9-10-18-20(13-16)24-19-4-2-1-3-17(19)23-18/h1-10,23H,11-13,21H2. The second-order valence-corrected chi connectivity index (χ2v) is 7.02. The zero-order valence-corrected chi connectivity index (χ0v) is 14.1. The van der Waals surface area contributed by atoms with E-state index in [1.165, 1.54) is 26.7 Å². The van der Waals surface area contributed by atoms with Crippen LogP contribution in [0.3, 0.4) is 0 Å². The molecular weight excluding hydrogens is 314 g/mol. The molecule has 24 heavy (non-hydrogen) atoms. The third-order valence-electron chi connectivity index (χ3n) is 4.12. The van der Waals surface area contributed by atoms with Crippen molar-refractivity contribution in [2.45, 2.75) is 17.7 Å². The average Bonchev–Trinajstić information content (AvgIpc) is 2.62. The second-order valence-electron chi connectivity index (χ2n) is 5.88. The van der Waals surface area contributed by atoms with Crippen LogP contribution in [0, 0.1) is 0 Å². The first-order valence-corrected chi connectivity index (χ1v) is 8.95. The van der Waals surface area contributed by atoms with Crippen LogP contribution in [-0.4, -0.2) is 12.3 Å². The van der Waals surface area contributed by atoms with E-state index in [2.05, 4.69) is 66.0 Å². The van der Waals surface area contributed by atoms with E-state index >= 15 is 0 Å². The van der Waals surface area contributed by atoms with Crippen LogP contribution in [0.25, 0.3) is 0 Å². The number of nitrogens with zero attached hydrogens (tertiary/aromatic N) is 1. The number of nitrogens with one attached hydrogen (secondary N) is 1. The van der Waals surface area contributed by atoms with Gasteiger partial charge >= 0.3 is 0 Å². The number of para-hydroxylation sites is 1. The van der Waals surface area contributed by atoms with E-state index in [1.54, 1.807) is 0 Å². The monoisotopic (exact) mass is 333 g/mol. The predicted molar refractivity (Wildman–Crippen MR) is 103 cm³/mol. The summed E-state index contributed by atoms with van der Waals surface area (Å²) in [5.41, 5.74) is 11.3. The van der Waals surface area contributed by atoms with Crippen molar-refractivity contribution in [1.82, 2.24) is 0 Å². The molecule has 0 unspecified atom stereocenters. The van der Waals surface area contributed by atoms with E-state index in [0.717, 1.165) is 24.2 Å². The lowest BCUT2D eigenvalue weighted by atomic mass is 10.1. The summed E-state index contributed by atoms with van der Waals surface area (Å²) in [6.07, 6.45) is 6.01. The summed E-state index contributed by atoms with van der Waals surface area (Å²) in [5.74, 6) is 0. The van der Waals surface area contributed by atoms with Crippen LogP contribution in [0.15, 0.2) is 81.2 Å². The van der Waals surface area contributed by atoms with Gasteiger partial charge in [0.25, 0.3) is 0 Å². The van der Waals surface area contributed by atoms with Crippen molar-refractivity contribution in [1.29, 1.82) is 0 Å². The maximum Gasteiger partial charge on any atom is 0.0633 e. The predicted octanol–water partition coefficient (Wildman–Crippen LogP) is 4.65. The molecule has 0 spiro atoms. The number of rotatable bonds is 3. The lowest BCUT2D eigenvalue weighted by Gasteiger charge is -2.24. The van der Waals surface area contributed by atoms with Crippen LogP contribution >= 0.6 is 11.8 Å². The molecule has 3 nitrogen and oxygen atoms in total. The molecule has 120 valence electrons. The third kappa shape index (κ3) is 3.16. The first kappa shape index (κ1) is 15.2. The van der Waals surface area contributed by atoms with E-state index in [0.29, 0.717) is 6.54 Å². The average molecular weight is 333 g/mol. The van der Waals surface area contributed by atoms with Gasteiger partial charge in [-0.05, 0) is 54.9 Å². The van der Waals surface area contributed by atoms with Crippen LogP contribution in [0.5, 0.6) is 0 Å². The highest BCUT2D eigenvalue weighted by atomic mass is 32.2. The summed E-state index contributed by atoms with van der Waals surface area (Å²) in [6.45, 7) is 0.680. The molecule has 0 radical (unpaired) electrons. The van der Waals surface area contributed by atoms with Gasteiger partial charge in [-0.3, -0.25) is 4.99 Å². The molecular formula is C20H19N3S. The molecule has 1 heterocycles. The number of thioether (sulfide) groups is 1. The van der Waals surface area contributed by atoms with Crippen molar-refractivity contribution in [3.8, 4) is 0 Å². The molecule has 2 aromatic carbocycles. The molecule has 2 aliphatic rings. The van der Waals surface area contributed by atoms with E-state index < -0.39 is 0 Å². The zero-order valence-electron chi connectivity index (χ0n) is 13.3. The van der Waals surface area contributed by atoms with Crippen molar-refractivity contribution < 1.29 is 0 Å². The Labute approximate surface area is 146 Å². The molecule has 0 saturated carbocycles. The minimum Gasteiger partial charge on any atom is -0.354 e. The van der Waals surface area contributed by atoms with Gasteiger partial charge in [-0.2, -0.15) is 0 Å². The number of nitrogens with two attached hydrogens (primary N) is 1. The molecule has 4 rings (SSSR count). The van der Waals surface area contributed by atoms with Crippen LogP contribution in [0.4, 0.5) is 11.4 Å². The van der Waals surface area contributed by atoms with Gasteiger partial charge in [0.15, 0.2) is 0 Å². The van der Waals surface area contributed by atoms with Gasteiger partial charge in [0.2, 0.25) is 0 Å². The summed E-state index contributed by atoms with van der Waals surface area (Å²) >= 11 is 1.84. The maximum atomic E-state index is 5.59. The molecule has 0 atom stereocenters. The Morgan fingerprint density at radius 1 is 1.04 bits per heavy atom. The first-order valence-electron chi connectivity index (χ1n) is 8.13. The summed E-state index contributed by atoms with van der Waals surface area (Å²) in [7, 11) is 0. The fourth-order valence-electron chi connectivity index (χ4n) is 2.88. The Hall–Kier alpha value is -2.30. The van der Waals surface area contributed by atoms with Crippen molar-refractivity contribution in [3.63, 3.8) is 0 Å². The largest absolute Gasteiger partial charge is 0.354 e. The molecule has 0 saturated heterocycles. The van der Waals surface area contributed by atoms with E-state index in [4.69, 9.17) is 10.7 Å². The normalized spacial score (nSPS) is 17.5. The van der Waals surface area contributed by atoms with Crippen LogP contribution < -0.4 is 11.1 Å². The fraction of sp³-hybridized carbons (Fsp3) is 0.150. The Morgan fingerprint density at radius 2 is 1.88 bits per heavy atom. The highest BCUT2D eigenvalue weighted by Crippen LogP contribution is 2.42. The summed E-state index contributed by atoms with van der Waals surface area (Å²) in [5, 5.41) is 3.51. The smallest absolute Gasteiger partial charge is 0.0633 e. The molecule has 4 heteroatoms. The van der Waals surface area contributed by atoms with E-state index in [9.17, 15) is 0 Å². The quantitative estimate of drug-likeness (QED) is 0.859. The lowest BCUT2D eigenvalue weighted by Crippen LogP contribution is -2.12. The van der Waals surface area contributed by atoms with Gasteiger partial charge in [0, 0.05) is 27.6 Å². The highest BCUT2D eigenvalue weighted by molar-refractivity contribution is 8.03. The van der Waals surface area contributed by atoms with E-state index in [-0.39, 0.29) is 0 Å². The topological polar surface area (TPSA) is 50.4 Å². The second kappa shape index (κ2) is 6.67. The Balaban J connectivity index is 1.52. The summed E-state index contributed by atoms with van der Waals surface area (Å²) in [4.78, 5) is 7.39. The van der Waals surface area contributed by atoms with Gasteiger partial charge in [-0.1, -0.05) is 36.0 Å². The van der Waals surface area contributed by atoms with E-state index in [1.807, 2.05) is 11.8 Å². The fourth-order valence-corrected chi connectivity index (χ4v) is 3.97. The Bertz CT molecular complexity index is 847. The Morgan fingerprint density at radius 3 is 2.71 bits per heavy atom. The van der Waals surface area contributed by atoms with Crippen LogP contribution in [0.2, 0.25) is 0 Å². The van der Waals surface area contributed by atoms with Crippen LogP contribution in [-0.2, 0) is 6.42 Å². The molecule has 0 bridgehead atoms. The van der Waals surface area contributed by atoms with Gasteiger partial charge in [0.05, 0.1) is 11.4 Å². The van der Waals surface area contributed by atoms with Crippen molar-refractivity contribution in [3.05, 3.63) is 76.8 Å². The van der Waals surface area contributed by atoms with Crippen molar-refractivity contribution >= 4 is 28.8 Å². The van der Waals surface area contributed by atoms with Crippen LogP contribution in [0.1, 0.15) is 12.0 Å². The highest BCUT2D eigenvalue weighted by Gasteiger charge is 2.20. The molecule has 0 amide bonds. The summed E-state index contributed by atoms with van der Waals surface area (Å²) in [6, 6.07) is 16.8.